The summed E-state index contributed by atoms with van der Waals surface area (Å²) >= 11 is 12.4. The van der Waals surface area contributed by atoms with Gasteiger partial charge in [0.2, 0.25) is 5.82 Å². The molecule has 2 aromatic heterocycles. The molecule has 0 spiro atoms. The van der Waals surface area contributed by atoms with E-state index < -0.39 is 5.56 Å². The monoisotopic (exact) mass is 512 g/mol. The molecule has 0 atom stereocenters. The molecule has 0 radical (unpaired) electrons. The Morgan fingerprint density at radius 1 is 0.943 bits per heavy atom. The lowest BCUT2D eigenvalue weighted by Crippen LogP contribution is -2.25. The van der Waals surface area contributed by atoms with Gasteiger partial charge in [-0.05, 0) is 28.3 Å². The first-order valence-electron chi connectivity index (χ1n) is 11.6. The van der Waals surface area contributed by atoms with E-state index in [0.717, 1.165) is 41.5 Å². The number of nitrogens with zero attached hydrogens (tertiary/aromatic N) is 5. The van der Waals surface area contributed by atoms with Crippen LogP contribution in [0, 0.1) is 0 Å². The van der Waals surface area contributed by atoms with Crippen LogP contribution in [0.15, 0.2) is 53.3 Å². The predicted molar refractivity (Wildman–Crippen MR) is 137 cm³/mol. The van der Waals surface area contributed by atoms with Gasteiger partial charge in [-0.1, -0.05) is 104 Å². The number of aromatic nitrogens is 6. The number of aromatic amines is 1. The number of hydrogen-bond acceptors (Lipinski definition) is 6. The molecule has 2 heterocycles. The third-order valence-corrected chi connectivity index (χ3v) is 6.41. The Morgan fingerprint density at radius 3 is 2.40 bits per heavy atom. The standard InChI is InChI=1S/C25H26Cl2N6O2/c1-2-3-4-5-8-15-35-24-21(26)22(27)25(34)33(30-24)16-17-11-13-18(14-12-17)19-9-6-7-10-20(19)23-28-31-32-29-23/h6-7,9-14H,2-5,8,15-16H2,1H3,(H,28,29,31,32). The zero-order valence-electron chi connectivity index (χ0n) is 19.4. The summed E-state index contributed by atoms with van der Waals surface area (Å²) in [7, 11) is 0. The molecule has 0 fully saturated rings. The van der Waals surface area contributed by atoms with E-state index in [2.05, 4.69) is 32.6 Å². The van der Waals surface area contributed by atoms with Gasteiger partial charge in [0.05, 0.1) is 13.2 Å². The maximum absolute atomic E-state index is 12.7. The second-order valence-corrected chi connectivity index (χ2v) is 8.89. The fraction of sp³-hybridized carbons (Fsp3) is 0.320. The number of benzene rings is 2. The molecule has 0 amide bonds. The summed E-state index contributed by atoms with van der Waals surface area (Å²) in [4.78, 5) is 12.7. The smallest absolute Gasteiger partial charge is 0.287 e. The molecule has 35 heavy (non-hydrogen) atoms. The molecule has 0 bridgehead atoms. The van der Waals surface area contributed by atoms with Crippen molar-refractivity contribution in [3.63, 3.8) is 0 Å². The van der Waals surface area contributed by atoms with Crippen LogP contribution in [0.25, 0.3) is 22.5 Å². The Hall–Kier alpha value is -3.23. The molecular weight excluding hydrogens is 487 g/mol. The van der Waals surface area contributed by atoms with Gasteiger partial charge >= 0.3 is 0 Å². The van der Waals surface area contributed by atoms with Crippen LogP contribution in [0.3, 0.4) is 0 Å². The fourth-order valence-electron chi connectivity index (χ4n) is 3.74. The summed E-state index contributed by atoms with van der Waals surface area (Å²) in [5.41, 5.74) is 3.24. The summed E-state index contributed by atoms with van der Waals surface area (Å²) in [5.74, 6) is 0.701. The Bertz CT molecular complexity index is 1310. The average molecular weight is 513 g/mol. The van der Waals surface area contributed by atoms with Crippen molar-refractivity contribution in [2.24, 2.45) is 0 Å². The van der Waals surface area contributed by atoms with Gasteiger partial charge in [-0.2, -0.15) is 5.21 Å². The number of ether oxygens (including phenoxy) is 1. The highest BCUT2D eigenvalue weighted by Crippen LogP contribution is 2.30. The zero-order chi connectivity index (χ0) is 24.6. The molecule has 4 aromatic rings. The summed E-state index contributed by atoms with van der Waals surface area (Å²) in [6.07, 6.45) is 5.51. The van der Waals surface area contributed by atoms with Crippen molar-refractivity contribution in [1.29, 1.82) is 0 Å². The highest BCUT2D eigenvalue weighted by atomic mass is 35.5. The molecule has 1 N–H and O–H groups in total. The second kappa shape index (κ2) is 12.0. The molecule has 0 aliphatic heterocycles. The van der Waals surface area contributed by atoms with Crippen LogP contribution in [-0.2, 0) is 6.54 Å². The van der Waals surface area contributed by atoms with Gasteiger partial charge in [0.1, 0.15) is 10.0 Å². The van der Waals surface area contributed by atoms with Gasteiger partial charge in [0.25, 0.3) is 11.4 Å². The average Bonchev–Trinajstić information content (AvgIpc) is 3.43. The fourth-order valence-corrected chi connectivity index (χ4v) is 4.09. The molecule has 2 aromatic carbocycles. The van der Waals surface area contributed by atoms with Crippen LogP contribution in [0.1, 0.15) is 44.6 Å². The number of halogens is 2. The minimum Gasteiger partial charge on any atom is -0.476 e. The van der Waals surface area contributed by atoms with Crippen molar-refractivity contribution < 1.29 is 4.74 Å². The lowest BCUT2D eigenvalue weighted by molar-refractivity contribution is 0.284. The van der Waals surface area contributed by atoms with E-state index in [1.54, 1.807) is 0 Å². The third-order valence-electron chi connectivity index (χ3n) is 5.61. The summed E-state index contributed by atoms with van der Waals surface area (Å²) in [5, 5.41) is 18.6. The molecule has 0 unspecified atom stereocenters. The topological polar surface area (TPSA) is 98.6 Å². The third kappa shape index (κ3) is 6.07. The number of nitrogens with one attached hydrogen (secondary N) is 1. The van der Waals surface area contributed by atoms with E-state index >= 15 is 0 Å². The SMILES string of the molecule is CCCCCCCOc1nn(Cc2ccc(-c3ccccc3-c3nn[nH]n3)cc2)c(=O)c(Cl)c1Cl. The minimum atomic E-state index is -0.460. The van der Waals surface area contributed by atoms with Gasteiger partial charge in [0, 0.05) is 5.56 Å². The Balaban J connectivity index is 1.50. The van der Waals surface area contributed by atoms with E-state index in [4.69, 9.17) is 27.9 Å². The molecule has 0 aliphatic rings. The van der Waals surface area contributed by atoms with Crippen molar-refractivity contribution in [1.82, 2.24) is 30.4 Å². The van der Waals surface area contributed by atoms with Crippen molar-refractivity contribution >= 4 is 23.2 Å². The normalized spacial score (nSPS) is 11.1. The zero-order valence-corrected chi connectivity index (χ0v) is 20.9. The van der Waals surface area contributed by atoms with Crippen molar-refractivity contribution in [2.75, 3.05) is 6.61 Å². The maximum atomic E-state index is 12.7. The minimum absolute atomic E-state index is 0.0508. The van der Waals surface area contributed by atoms with Gasteiger partial charge < -0.3 is 4.74 Å². The van der Waals surface area contributed by atoms with Crippen LogP contribution in [0.2, 0.25) is 10.0 Å². The number of hydrogen-bond donors (Lipinski definition) is 1. The Morgan fingerprint density at radius 2 is 1.69 bits per heavy atom. The van der Waals surface area contributed by atoms with E-state index in [9.17, 15) is 4.79 Å². The highest BCUT2D eigenvalue weighted by Gasteiger charge is 2.16. The number of unbranched alkanes of at least 4 members (excludes halogenated alkanes) is 4. The second-order valence-electron chi connectivity index (χ2n) is 8.14. The summed E-state index contributed by atoms with van der Waals surface area (Å²) < 4.78 is 7.03. The van der Waals surface area contributed by atoms with Crippen LogP contribution in [0.5, 0.6) is 5.88 Å². The number of H-pyrrole nitrogens is 1. The van der Waals surface area contributed by atoms with Crippen molar-refractivity contribution in [3.05, 3.63) is 74.5 Å². The lowest BCUT2D eigenvalue weighted by Gasteiger charge is -2.12. The molecule has 182 valence electrons. The number of rotatable bonds is 11. The van der Waals surface area contributed by atoms with Gasteiger partial charge in [-0.3, -0.25) is 4.79 Å². The molecule has 0 aliphatic carbocycles. The van der Waals surface area contributed by atoms with Gasteiger partial charge in [-0.25, -0.2) is 4.68 Å². The van der Waals surface area contributed by atoms with E-state index in [1.807, 2.05) is 48.5 Å². The summed E-state index contributed by atoms with van der Waals surface area (Å²) in [6.45, 7) is 2.88. The highest BCUT2D eigenvalue weighted by molar-refractivity contribution is 6.42. The molecule has 4 rings (SSSR count). The van der Waals surface area contributed by atoms with Crippen LogP contribution >= 0.6 is 23.2 Å². The Kier molecular flexibility index (Phi) is 8.50. The van der Waals surface area contributed by atoms with Crippen LogP contribution < -0.4 is 10.3 Å². The molecule has 0 saturated carbocycles. The predicted octanol–water partition coefficient (Wildman–Crippen LogP) is 5.79. The van der Waals surface area contributed by atoms with Crippen molar-refractivity contribution in [3.8, 4) is 28.4 Å². The summed E-state index contributed by atoms with van der Waals surface area (Å²) in [6, 6.07) is 15.7. The van der Waals surface area contributed by atoms with Crippen LogP contribution in [-0.4, -0.2) is 37.0 Å². The van der Waals surface area contributed by atoms with E-state index in [-0.39, 0.29) is 22.5 Å². The lowest BCUT2D eigenvalue weighted by atomic mass is 9.98. The molecule has 8 nitrogen and oxygen atoms in total. The van der Waals surface area contributed by atoms with Gasteiger partial charge in [0.15, 0.2) is 0 Å². The Labute approximate surface area is 213 Å². The van der Waals surface area contributed by atoms with Crippen LogP contribution in [0.4, 0.5) is 0 Å². The number of tetrazole rings is 1. The van der Waals surface area contributed by atoms with E-state index in [1.165, 1.54) is 17.5 Å². The molecule has 0 saturated heterocycles. The largest absolute Gasteiger partial charge is 0.476 e. The first-order chi connectivity index (χ1) is 17.1. The first-order valence-corrected chi connectivity index (χ1v) is 12.3. The van der Waals surface area contributed by atoms with Crippen molar-refractivity contribution in [2.45, 2.75) is 45.6 Å². The molecule has 10 heteroatoms. The first kappa shape index (κ1) is 24.9. The molecular formula is C25H26Cl2N6O2. The maximum Gasteiger partial charge on any atom is 0.287 e. The quantitative estimate of drug-likeness (QED) is 0.255. The van der Waals surface area contributed by atoms with E-state index in [0.29, 0.717) is 12.4 Å². The van der Waals surface area contributed by atoms with Gasteiger partial charge in [-0.15, -0.1) is 15.3 Å².